The van der Waals surface area contributed by atoms with Gasteiger partial charge in [-0.05, 0) is 0 Å². The molecule has 0 amide bonds. The summed E-state index contributed by atoms with van der Waals surface area (Å²) in [6, 6.07) is 0. The molecule has 0 N–H and O–H groups in total. The minimum atomic E-state index is -7.81. The van der Waals surface area contributed by atoms with Gasteiger partial charge in [0.15, 0.2) is 0 Å². The van der Waals surface area contributed by atoms with Crippen molar-refractivity contribution in [2.24, 2.45) is 0 Å². The highest BCUT2D eigenvalue weighted by Crippen LogP contribution is 2.61. The lowest BCUT2D eigenvalue weighted by molar-refractivity contribution is -0.431. The maximum absolute atomic E-state index is 12.5. The van der Waals surface area contributed by atoms with Crippen LogP contribution >= 0.6 is 45.5 Å². The molecule has 0 aliphatic heterocycles. The van der Waals surface area contributed by atoms with Gasteiger partial charge in [0.25, 0.3) is 0 Å². The van der Waals surface area contributed by atoms with Crippen LogP contribution in [0.3, 0.4) is 0 Å². The third-order valence-electron chi connectivity index (χ3n) is 2.34. The molecule has 0 aromatic carbocycles. The van der Waals surface area contributed by atoms with Gasteiger partial charge in [-0.25, -0.2) is 0 Å². The van der Waals surface area contributed by atoms with Crippen LogP contribution in [-0.4, -0.2) is 49.5 Å². The Morgan fingerprint density at radius 1 is 0.400 bits per heavy atom. The van der Waals surface area contributed by atoms with E-state index in [2.05, 4.69) is 0 Å². The monoisotopic (exact) mass is 725 g/mol. The van der Waals surface area contributed by atoms with E-state index in [0.717, 1.165) is 0 Å². The first-order chi connectivity index (χ1) is 12.4. The number of hydrogen-bond donors (Lipinski definition) is 0. The summed E-state index contributed by atoms with van der Waals surface area (Å²) in [5, 5.41) is 0. The van der Waals surface area contributed by atoms with Crippen LogP contribution in [0.5, 0.6) is 0 Å². The van der Waals surface area contributed by atoms with E-state index in [4.69, 9.17) is 0 Å². The summed E-state index contributed by atoms with van der Waals surface area (Å²) in [7, 11) is 0. The molecule has 0 aliphatic rings. The molecule has 22 heteroatoms. The Bertz CT molecular complexity index is 515. The van der Waals surface area contributed by atoms with Crippen LogP contribution in [0.2, 0.25) is 0 Å². The standard InChI is InChI=1S/C6F13I.C2F6IN/c7-1(8,3(11,12)5(15,16)17)2(9,10)4(13,14)6(18,19)20;3-1(4,5)10(9)2(6,7)8. The number of rotatable bonds is 4. The van der Waals surface area contributed by atoms with Gasteiger partial charge in [0.05, 0.1) is 0 Å². The van der Waals surface area contributed by atoms with Gasteiger partial charge in [-0.2, -0.15) is 83.4 Å². The van der Waals surface area contributed by atoms with Gasteiger partial charge in [0.2, 0.25) is 0 Å². The maximum Gasteiger partial charge on any atom is 0.476 e. The lowest BCUT2D eigenvalue weighted by atomic mass is 9.98. The van der Waals surface area contributed by atoms with Crippen molar-refractivity contribution in [3.63, 3.8) is 0 Å². The van der Waals surface area contributed by atoms with Crippen LogP contribution in [0.25, 0.3) is 0 Å². The Labute approximate surface area is 178 Å². The second kappa shape index (κ2) is 8.79. The number of halogens is 21. The summed E-state index contributed by atoms with van der Waals surface area (Å²) < 4.78 is 217. The molecule has 0 aromatic heterocycles. The van der Waals surface area contributed by atoms with Crippen molar-refractivity contribution in [1.29, 1.82) is 0 Å². The van der Waals surface area contributed by atoms with Crippen LogP contribution in [0.4, 0.5) is 83.4 Å². The molecular weight excluding hydrogens is 725 g/mol. The van der Waals surface area contributed by atoms with E-state index in [1.165, 1.54) is 0 Å². The van der Waals surface area contributed by atoms with E-state index in [0.29, 0.717) is 0 Å². The number of hydrogen-bond acceptors (Lipinski definition) is 1. The highest BCUT2D eigenvalue weighted by Gasteiger charge is 2.90. The number of alkyl halides is 20. The smallest absolute Gasteiger partial charge is 0.192 e. The van der Waals surface area contributed by atoms with Gasteiger partial charge in [-0.1, -0.05) is 3.11 Å². The zero-order chi connectivity index (χ0) is 25.6. The fourth-order valence-corrected chi connectivity index (χ4v) is 1.23. The molecule has 0 heterocycles. The molecule has 0 aromatic rings. The second-order valence-corrected chi connectivity index (χ2v) is 6.83. The normalized spacial score (nSPS) is 15.8. The fraction of sp³-hybridized carbons (Fsp3) is 1.00. The van der Waals surface area contributed by atoms with Crippen LogP contribution in [0.1, 0.15) is 0 Å². The van der Waals surface area contributed by atoms with Crippen molar-refractivity contribution in [3.8, 4) is 0 Å². The fourth-order valence-electron chi connectivity index (χ4n) is 0.894. The highest BCUT2D eigenvalue weighted by atomic mass is 127. The molecule has 0 unspecified atom stereocenters. The Balaban J connectivity index is 0. The molecule has 30 heavy (non-hydrogen) atoms. The van der Waals surface area contributed by atoms with Gasteiger partial charge in [-0.15, -0.1) is 0 Å². The Morgan fingerprint density at radius 2 is 0.633 bits per heavy atom. The lowest BCUT2D eigenvalue weighted by Gasteiger charge is -2.38. The third kappa shape index (κ3) is 6.32. The van der Waals surface area contributed by atoms with Crippen LogP contribution in [-0.2, 0) is 0 Å². The van der Waals surface area contributed by atoms with E-state index in [1.54, 1.807) is 0 Å². The van der Waals surface area contributed by atoms with Gasteiger partial charge >= 0.3 is 46.4 Å². The average molecular weight is 725 g/mol. The molecule has 0 atom stereocenters. The Kier molecular flexibility index (Phi) is 9.46. The maximum atomic E-state index is 12.5. The van der Waals surface area contributed by atoms with E-state index in [1.807, 2.05) is 0 Å². The quantitative estimate of drug-likeness (QED) is 0.0942. The minimum Gasteiger partial charge on any atom is -0.192 e. The molecule has 0 rings (SSSR count). The van der Waals surface area contributed by atoms with Gasteiger partial charge in [-0.3, -0.25) is 0 Å². The van der Waals surface area contributed by atoms with Gasteiger partial charge in [0, 0.05) is 45.5 Å². The Morgan fingerprint density at radius 3 is 0.767 bits per heavy atom. The first-order valence-electron chi connectivity index (χ1n) is 5.65. The predicted molar refractivity (Wildman–Crippen MR) is 72.8 cm³/mol. The van der Waals surface area contributed by atoms with Crippen LogP contribution < -0.4 is 0 Å². The van der Waals surface area contributed by atoms with Crippen LogP contribution in [0.15, 0.2) is 0 Å². The van der Waals surface area contributed by atoms with E-state index >= 15 is 0 Å². The average Bonchev–Trinajstić information content (AvgIpc) is 2.42. The zero-order valence-corrected chi connectivity index (χ0v) is 16.7. The molecule has 1 nitrogen and oxygen atoms in total. The van der Waals surface area contributed by atoms with E-state index < -0.39 is 72.1 Å². The van der Waals surface area contributed by atoms with Crippen LogP contribution in [0, 0.1) is 0 Å². The molecule has 0 fully saturated rings. The predicted octanol–water partition coefficient (Wildman–Crippen LogP) is 7.80. The van der Waals surface area contributed by atoms with Gasteiger partial charge in [0.1, 0.15) is 0 Å². The van der Waals surface area contributed by atoms with Crippen molar-refractivity contribution in [2.45, 2.75) is 46.4 Å². The van der Waals surface area contributed by atoms with Gasteiger partial charge < -0.3 is 0 Å². The number of nitrogens with zero attached hydrogens (tertiary/aromatic N) is 1. The first kappa shape index (κ1) is 32.3. The summed E-state index contributed by atoms with van der Waals surface area (Å²) in [5.41, 5.74) is 0. The van der Waals surface area contributed by atoms with Crippen molar-refractivity contribution in [3.05, 3.63) is 0 Å². The molecular formula is C8F19I2N. The lowest BCUT2D eigenvalue weighted by Crippen LogP contribution is -2.69. The third-order valence-corrected chi connectivity index (χ3v) is 4.11. The Hall–Kier alpha value is 0.0900. The summed E-state index contributed by atoms with van der Waals surface area (Å²) >= 11 is -0.651. The molecule has 0 saturated heterocycles. The van der Waals surface area contributed by atoms with E-state index in [9.17, 15) is 83.4 Å². The molecule has 184 valence electrons. The molecule has 0 bridgehead atoms. The topological polar surface area (TPSA) is 3.24 Å². The summed E-state index contributed by atoms with van der Waals surface area (Å²) in [4.78, 5) is 0. The SMILES string of the molecule is FC(F)(F)C(F)(F)C(F)(F)C(F)(F)C(F)(F)C(F)(F)I.FC(F)(F)N(I)C(F)(F)F. The first-order valence-corrected chi connectivity index (χ1v) is 7.69. The summed E-state index contributed by atoms with van der Waals surface area (Å²) in [5.74, 6) is -30.3. The van der Waals surface area contributed by atoms with Crippen molar-refractivity contribution < 1.29 is 83.4 Å². The van der Waals surface area contributed by atoms with Crippen molar-refractivity contribution >= 4 is 45.5 Å². The highest BCUT2D eigenvalue weighted by molar-refractivity contribution is 14.1. The second-order valence-electron chi connectivity index (χ2n) is 4.51. The summed E-state index contributed by atoms with van der Waals surface area (Å²) in [6.07, 6.45) is -18.1. The molecule has 0 saturated carbocycles. The molecule has 0 radical (unpaired) electrons. The molecule has 0 spiro atoms. The largest absolute Gasteiger partial charge is 0.476 e. The summed E-state index contributed by atoms with van der Waals surface area (Å²) in [6.45, 7) is 0. The zero-order valence-electron chi connectivity index (χ0n) is 12.4. The molecule has 0 aliphatic carbocycles. The van der Waals surface area contributed by atoms with Crippen molar-refractivity contribution in [1.82, 2.24) is 3.11 Å². The van der Waals surface area contributed by atoms with Crippen molar-refractivity contribution in [2.75, 3.05) is 0 Å². The minimum absolute atomic E-state index is 0.138. The van der Waals surface area contributed by atoms with E-state index in [-0.39, 0.29) is 22.9 Å².